The monoisotopic (exact) mass is 655 g/mol. The lowest BCUT2D eigenvalue weighted by atomic mass is 10.2. The molecule has 0 atom stereocenters. The van der Waals surface area contributed by atoms with Gasteiger partial charge in [0.15, 0.2) is 0 Å². The Morgan fingerprint density at radius 2 is 1.17 bits per heavy atom. The highest BCUT2D eigenvalue weighted by atomic mass is 16.7. The number of para-hydroxylation sites is 3. The Morgan fingerprint density at radius 1 is 0.702 bits per heavy atom. The van der Waals surface area contributed by atoms with Gasteiger partial charge in [-0.25, -0.2) is 0 Å². The number of nitrogens with zero attached hydrogens (tertiary/aromatic N) is 4. The van der Waals surface area contributed by atoms with Gasteiger partial charge in [0.1, 0.15) is 0 Å². The van der Waals surface area contributed by atoms with Gasteiger partial charge in [-0.1, -0.05) is 90.1 Å². The molecule has 4 aromatic rings. The molecular formula is C36H57N5O6. The second kappa shape index (κ2) is 30.1. The number of nitrogens with one attached hydrogen (secondary N) is 1. The van der Waals surface area contributed by atoms with Crippen molar-refractivity contribution in [2.24, 2.45) is 0 Å². The average Bonchev–Trinajstić information content (AvgIpc) is 3.57. The molecule has 47 heavy (non-hydrogen) atoms. The minimum absolute atomic E-state index is 0.130. The van der Waals surface area contributed by atoms with Crippen molar-refractivity contribution >= 4 is 28.4 Å². The van der Waals surface area contributed by atoms with E-state index in [1.54, 1.807) is 69.8 Å². The standard InChI is InChI=1S/C10H12N2O2.C8H7N.C7H7NO2.C5H13NO2.3C2H6/c1-11(2)8-7-9-5-3-4-6-10(9)12(13)14;1-2-4-8-7(3-1)5-6-9-8;1-6-4-2-3-5-7(6)8(9)10;1-6(2)5(7-3)8-4;3*1-2/h3-8H,1-2H3;1-6,9H;2-5H,1H3;5H,1-4H3;3*1-2H3/b8-7+;;;;;;. The maximum atomic E-state index is 10.6. The first-order chi connectivity index (χ1) is 22.5. The fourth-order valence-electron chi connectivity index (χ4n) is 3.31. The molecule has 0 aliphatic heterocycles. The molecule has 0 fully saturated rings. The number of nitro groups is 2. The van der Waals surface area contributed by atoms with Crippen LogP contribution in [0.4, 0.5) is 11.4 Å². The Morgan fingerprint density at radius 3 is 1.57 bits per heavy atom. The Hall–Kier alpha value is -4.58. The van der Waals surface area contributed by atoms with E-state index in [0.717, 1.165) is 0 Å². The average molecular weight is 656 g/mol. The van der Waals surface area contributed by atoms with E-state index in [-0.39, 0.29) is 27.6 Å². The molecular weight excluding hydrogens is 598 g/mol. The van der Waals surface area contributed by atoms with Crippen LogP contribution in [0.1, 0.15) is 52.7 Å². The summed E-state index contributed by atoms with van der Waals surface area (Å²) >= 11 is 0. The number of hydrogen-bond acceptors (Lipinski definition) is 8. The van der Waals surface area contributed by atoms with Gasteiger partial charge in [-0.3, -0.25) is 25.1 Å². The minimum atomic E-state index is -0.380. The van der Waals surface area contributed by atoms with Crippen LogP contribution in [0.2, 0.25) is 0 Å². The van der Waals surface area contributed by atoms with Crippen molar-refractivity contribution < 1.29 is 19.3 Å². The molecule has 0 amide bonds. The summed E-state index contributed by atoms with van der Waals surface area (Å²) in [5.74, 6) is 0. The number of ether oxygens (including phenoxy) is 2. The summed E-state index contributed by atoms with van der Waals surface area (Å²) in [6.07, 6.45) is 5.24. The summed E-state index contributed by atoms with van der Waals surface area (Å²) in [6.45, 7) is 13.7. The first-order valence-corrected chi connectivity index (χ1v) is 15.5. The topological polar surface area (TPSA) is 127 Å². The lowest BCUT2D eigenvalue weighted by molar-refractivity contribution is -0.385. The van der Waals surface area contributed by atoms with Crippen LogP contribution in [-0.2, 0) is 9.47 Å². The summed E-state index contributed by atoms with van der Waals surface area (Å²) in [5, 5.41) is 22.1. The van der Waals surface area contributed by atoms with Crippen molar-refractivity contribution in [2.45, 2.75) is 54.9 Å². The number of nitro benzene ring substituents is 2. The van der Waals surface area contributed by atoms with Gasteiger partial charge >= 0.3 is 0 Å². The van der Waals surface area contributed by atoms with E-state index in [0.29, 0.717) is 11.1 Å². The predicted octanol–water partition coefficient (Wildman–Crippen LogP) is 9.40. The smallest absolute Gasteiger partial charge is 0.276 e. The van der Waals surface area contributed by atoms with Crippen molar-refractivity contribution in [1.29, 1.82) is 0 Å². The van der Waals surface area contributed by atoms with E-state index in [2.05, 4.69) is 23.2 Å². The second-order valence-corrected chi connectivity index (χ2v) is 8.95. The zero-order valence-corrected chi connectivity index (χ0v) is 30.6. The highest BCUT2D eigenvalue weighted by Gasteiger charge is 2.09. The first-order valence-electron chi connectivity index (χ1n) is 15.5. The Kier molecular flexibility index (Phi) is 30.0. The molecule has 0 unspecified atom stereocenters. The number of aromatic amines is 1. The van der Waals surface area contributed by atoms with Crippen molar-refractivity contribution in [1.82, 2.24) is 14.8 Å². The Labute approximate surface area is 282 Å². The van der Waals surface area contributed by atoms with Crippen molar-refractivity contribution in [3.05, 3.63) is 123 Å². The predicted molar refractivity (Wildman–Crippen MR) is 197 cm³/mol. The molecule has 3 aromatic carbocycles. The number of benzene rings is 3. The molecule has 0 radical (unpaired) electrons. The summed E-state index contributed by atoms with van der Waals surface area (Å²) in [4.78, 5) is 26.9. The van der Waals surface area contributed by atoms with E-state index in [1.165, 1.54) is 23.0 Å². The fourth-order valence-corrected chi connectivity index (χ4v) is 3.31. The quantitative estimate of drug-likeness (QED) is 0.119. The van der Waals surface area contributed by atoms with Gasteiger partial charge < -0.3 is 19.4 Å². The second-order valence-electron chi connectivity index (χ2n) is 8.95. The summed E-state index contributed by atoms with van der Waals surface area (Å²) in [6, 6.07) is 23.6. The number of H-pyrrole nitrogens is 1. The van der Waals surface area contributed by atoms with E-state index in [9.17, 15) is 20.2 Å². The molecule has 0 saturated heterocycles. The van der Waals surface area contributed by atoms with Crippen LogP contribution in [0.25, 0.3) is 17.0 Å². The highest BCUT2D eigenvalue weighted by Crippen LogP contribution is 2.19. The van der Waals surface area contributed by atoms with Gasteiger partial charge in [0.25, 0.3) is 11.4 Å². The van der Waals surface area contributed by atoms with Crippen LogP contribution in [0.3, 0.4) is 0 Å². The third-order valence-corrected chi connectivity index (χ3v) is 5.29. The summed E-state index contributed by atoms with van der Waals surface area (Å²) in [7, 11) is 10.7. The number of aromatic nitrogens is 1. The molecule has 0 aliphatic rings. The molecule has 11 heteroatoms. The Balaban J connectivity index is -0.000000530. The molecule has 0 spiro atoms. The number of methoxy groups -OCH3 is 2. The summed E-state index contributed by atoms with van der Waals surface area (Å²) in [5.41, 5.74) is 2.84. The number of rotatable bonds is 7. The van der Waals surface area contributed by atoms with Crippen LogP contribution in [0.5, 0.6) is 0 Å². The molecule has 4 rings (SSSR count). The normalized spacial score (nSPS) is 9.34. The Bertz CT molecular complexity index is 1340. The van der Waals surface area contributed by atoms with E-state index in [1.807, 2.05) is 97.9 Å². The van der Waals surface area contributed by atoms with Gasteiger partial charge in [-0.15, -0.1) is 0 Å². The number of hydrogen-bond donors (Lipinski definition) is 1. The minimum Gasteiger partial charge on any atom is -0.383 e. The molecule has 11 nitrogen and oxygen atoms in total. The maximum absolute atomic E-state index is 10.6. The van der Waals surface area contributed by atoms with E-state index < -0.39 is 0 Å². The van der Waals surface area contributed by atoms with Gasteiger partial charge in [0, 0.05) is 57.7 Å². The lowest BCUT2D eigenvalue weighted by Crippen LogP contribution is -2.30. The molecule has 0 saturated carbocycles. The van der Waals surface area contributed by atoms with Crippen molar-refractivity contribution in [3.8, 4) is 0 Å². The highest BCUT2D eigenvalue weighted by molar-refractivity contribution is 5.78. The van der Waals surface area contributed by atoms with Crippen LogP contribution in [-0.4, -0.2) is 73.5 Å². The first kappa shape index (κ1) is 46.8. The van der Waals surface area contributed by atoms with Gasteiger partial charge in [-0.05, 0) is 56.9 Å². The van der Waals surface area contributed by atoms with Gasteiger partial charge in [0.2, 0.25) is 6.41 Å². The van der Waals surface area contributed by atoms with E-state index in [4.69, 9.17) is 9.47 Å². The largest absolute Gasteiger partial charge is 0.383 e. The molecule has 1 N–H and O–H groups in total. The zero-order chi connectivity index (χ0) is 36.8. The molecule has 262 valence electrons. The summed E-state index contributed by atoms with van der Waals surface area (Å²) < 4.78 is 9.73. The van der Waals surface area contributed by atoms with Crippen LogP contribution in [0, 0.1) is 27.2 Å². The van der Waals surface area contributed by atoms with Gasteiger partial charge in [0.05, 0.1) is 15.4 Å². The SMILES string of the molecule is CC.CC.CC.CN(C)/C=C/c1ccccc1[N+](=O)[O-].COC(OC)N(C)C.Cc1ccccc1[N+](=O)[O-].c1ccc2[nH]ccc2c1. The van der Waals surface area contributed by atoms with Crippen LogP contribution < -0.4 is 0 Å². The molecule has 1 heterocycles. The molecule has 1 aromatic heterocycles. The third-order valence-electron chi connectivity index (χ3n) is 5.29. The molecule has 0 aliphatic carbocycles. The fraction of sp³-hybridized carbons (Fsp3) is 0.389. The lowest BCUT2D eigenvalue weighted by Gasteiger charge is -2.19. The third kappa shape index (κ3) is 21.0. The van der Waals surface area contributed by atoms with E-state index >= 15 is 0 Å². The van der Waals surface area contributed by atoms with Crippen LogP contribution in [0.15, 0.2) is 91.3 Å². The van der Waals surface area contributed by atoms with Crippen molar-refractivity contribution in [3.63, 3.8) is 0 Å². The molecule has 0 bridgehead atoms. The zero-order valence-electron chi connectivity index (χ0n) is 30.6. The number of aryl methyl sites for hydroxylation is 1. The van der Waals surface area contributed by atoms with Crippen LogP contribution >= 0.6 is 0 Å². The number of fused-ring (bicyclic) bond motifs is 1. The van der Waals surface area contributed by atoms with Crippen molar-refractivity contribution in [2.75, 3.05) is 42.4 Å². The maximum Gasteiger partial charge on any atom is 0.276 e. The van der Waals surface area contributed by atoms with Gasteiger partial charge in [-0.2, -0.15) is 0 Å².